The summed E-state index contributed by atoms with van der Waals surface area (Å²) < 4.78 is 22.5. The molecule has 0 bridgehead atoms. The summed E-state index contributed by atoms with van der Waals surface area (Å²) in [5, 5.41) is 11.7. The maximum atomic E-state index is 12.8. The van der Waals surface area contributed by atoms with Crippen LogP contribution < -0.4 is 5.11 Å². The molecule has 0 heterocycles. The molecule has 0 aliphatic carbocycles. The van der Waals surface area contributed by atoms with E-state index >= 15 is 0 Å². The Hall–Kier alpha value is -4.31. The molecule has 9 nitrogen and oxygen atoms in total. The molecule has 0 aromatic carbocycles. The van der Waals surface area contributed by atoms with Crippen LogP contribution in [-0.4, -0.2) is 82.3 Å². The van der Waals surface area contributed by atoms with Gasteiger partial charge in [-0.15, -0.1) is 0 Å². The van der Waals surface area contributed by atoms with Gasteiger partial charge in [-0.05, 0) is 103 Å². The molecule has 0 saturated carbocycles. The van der Waals surface area contributed by atoms with Crippen LogP contribution >= 0.6 is 0 Å². The molecule has 0 saturated heterocycles. The Labute approximate surface area is 421 Å². The molecule has 2 unspecified atom stereocenters. The number of hydrogen-bond acceptors (Lipinski definition) is 8. The number of carboxylic acids is 1. The zero-order valence-electron chi connectivity index (χ0n) is 44.1. The molecule has 0 aromatic rings. The summed E-state index contributed by atoms with van der Waals surface area (Å²) >= 11 is 0. The third-order valence-corrected chi connectivity index (χ3v) is 10.7. The Morgan fingerprint density at radius 1 is 0.449 bits per heavy atom. The van der Waals surface area contributed by atoms with Gasteiger partial charge in [-0.25, -0.2) is 0 Å². The van der Waals surface area contributed by atoms with Crippen molar-refractivity contribution in [3.63, 3.8) is 0 Å². The molecule has 0 rings (SSSR count). The number of carbonyl (C=O) groups excluding carboxylic acids is 3. The SMILES string of the molecule is CC/C=C\C/C=C\C/C=C\C/C=C\C/C=C\C/C=C\C/C=C\C/C=C\C/C=C\CCCCCCCC(=O)OC(COC(=O)CCCCCCC/C=C\CCCC)COC(OCC[N+](C)(C)C)C(=O)[O-]. The third-order valence-electron chi connectivity index (χ3n) is 10.7. The number of rotatable bonds is 47. The highest BCUT2D eigenvalue weighted by Crippen LogP contribution is 2.12. The molecule has 0 N–H and O–H groups in total. The number of allylic oxidation sites excluding steroid dienone is 20. The lowest BCUT2D eigenvalue weighted by atomic mass is 10.1. The molecule has 9 heteroatoms. The molecular formula is C60H97NO8. The van der Waals surface area contributed by atoms with Gasteiger partial charge in [-0.3, -0.25) is 9.59 Å². The van der Waals surface area contributed by atoms with Crippen LogP contribution in [0.4, 0.5) is 0 Å². The van der Waals surface area contributed by atoms with Gasteiger partial charge in [-0.2, -0.15) is 0 Å². The van der Waals surface area contributed by atoms with Crippen molar-refractivity contribution in [2.45, 2.75) is 193 Å². The van der Waals surface area contributed by atoms with Gasteiger partial charge in [-0.1, -0.05) is 187 Å². The number of carboxylic acid groups (broad SMARTS) is 1. The number of carbonyl (C=O) groups is 3. The van der Waals surface area contributed by atoms with Crippen LogP contribution in [0.2, 0.25) is 0 Å². The molecule has 0 aromatic heterocycles. The summed E-state index contributed by atoms with van der Waals surface area (Å²) in [6, 6.07) is 0. The predicted molar refractivity (Wildman–Crippen MR) is 287 cm³/mol. The molecule has 0 amide bonds. The second-order valence-corrected chi connectivity index (χ2v) is 18.4. The zero-order chi connectivity index (χ0) is 50.6. The van der Waals surface area contributed by atoms with E-state index in [1.165, 1.54) is 12.8 Å². The molecule has 0 fully saturated rings. The molecular weight excluding hydrogens is 863 g/mol. The van der Waals surface area contributed by atoms with Crippen molar-refractivity contribution in [2.75, 3.05) is 47.5 Å². The van der Waals surface area contributed by atoms with E-state index in [4.69, 9.17) is 18.9 Å². The van der Waals surface area contributed by atoms with Crippen molar-refractivity contribution >= 4 is 17.9 Å². The Kier molecular flexibility index (Phi) is 47.0. The summed E-state index contributed by atoms with van der Waals surface area (Å²) in [4.78, 5) is 37.1. The second kappa shape index (κ2) is 50.1. The topological polar surface area (TPSA) is 111 Å². The number of likely N-dealkylation sites (N-methyl/N-ethyl adjacent to an activating group) is 1. The maximum absolute atomic E-state index is 12.8. The Balaban J connectivity index is 4.29. The second-order valence-electron chi connectivity index (χ2n) is 18.4. The zero-order valence-corrected chi connectivity index (χ0v) is 44.1. The first kappa shape index (κ1) is 64.7. The number of esters is 2. The molecule has 69 heavy (non-hydrogen) atoms. The van der Waals surface area contributed by atoms with E-state index in [9.17, 15) is 19.5 Å². The Morgan fingerprint density at radius 2 is 0.826 bits per heavy atom. The molecule has 0 aliphatic rings. The minimum Gasteiger partial charge on any atom is -0.545 e. The van der Waals surface area contributed by atoms with E-state index in [0.717, 1.165) is 135 Å². The van der Waals surface area contributed by atoms with E-state index < -0.39 is 24.3 Å². The van der Waals surface area contributed by atoms with Gasteiger partial charge in [0.15, 0.2) is 12.4 Å². The summed E-state index contributed by atoms with van der Waals surface area (Å²) in [6.45, 7) is 4.52. The number of nitrogens with zero attached hydrogens (tertiary/aromatic N) is 1. The monoisotopic (exact) mass is 960 g/mol. The summed E-state index contributed by atoms with van der Waals surface area (Å²) in [5.41, 5.74) is 0. The highest BCUT2D eigenvalue weighted by Gasteiger charge is 2.21. The maximum Gasteiger partial charge on any atom is 0.306 e. The smallest absolute Gasteiger partial charge is 0.306 e. The van der Waals surface area contributed by atoms with Crippen LogP contribution in [0, 0.1) is 0 Å². The first-order chi connectivity index (χ1) is 33.6. The Morgan fingerprint density at radius 3 is 1.25 bits per heavy atom. The standard InChI is InChI=1S/C60H97NO8/c1-6-8-10-12-14-16-18-19-20-21-22-23-24-25-26-27-28-29-30-31-32-33-34-35-36-37-38-39-41-43-45-47-49-51-58(63)69-56(55-68-60(59(64)65)66-53-52-61(3,4)5)54-67-57(62)50-48-46-44-42-40-17-15-13-11-9-7-2/h8,10,13-16,19-20,22-23,25-26,28-29,31-32,34-35,37-38,56,60H,6-7,9,11-12,17-18,21,24,27,30,33,36,39-55H2,1-5H3/b10-8-,15-13-,16-14-,20-19-,23-22-,26-25-,29-28-,32-31-,35-34-,38-37-. The lowest BCUT2D eigenvalue weighted by molar-refractivity contribution is -0.870. The van der Waals surface area contributed by atoms with E-state index in [1.54, 1.807) is 0 Å². The third kappa shape index (κ3) is 51.4. The fourth-order valence-corrected chi connectivity index (χ4v) is 6.57. The van der Waals surface area contributed by atoms with Crippen molar-refractivity contribution in [3.05, 3.63) is 122 Å². The van der Waals surface area contributed by atoms with Crippen LogP contribution in [0.15, 0.2) is 122 Å². The van der Waals surface area contributed by atoms with E-state index in [2.05, 4.69) is 135 Å². The fraction of sp³-hybridized carbons (Fsp3) is 0.617. The summed E-state index contributed by atoms with van der Waals surface area (Å²) in [5.74, 6) is -2.34. The minimum absolute atomic E-state index is 0.136. The Bertz CT molecular complexity index is 1540. The van der Waals surface area contributed by atoms with Gasteiger partial charge in [0.2, 0.25) is 0 Å². The van der Waals surface area contributed by atoms with E-state index in [-0.39, 0.29) is 38.6 Å². The van der Waals surface area contributed by atoms with Crippen LogP contribution in [0.1, 0.15) is 181 Å². The van der Waals surface area contributed by atoms with Gasteiger partial charge in [0.1, 0.15) is 13.2 Å². The van der Waals surface area contributed by atoms with Gasteiger partial charge >= 0.3 is 11.9 Å². The van der Waals surface area contributed by atoms with Crippen molar-refractivity contribution in [1.82, 2.24) is 0 Å². The highest BCUT2D eigenvalue weighted by atomic mass is 16.7. The van der Waals surface area contributed by atoms with Crippen molar-refractivity contribution < 1.29 is 42.9 Å². The van der Waals surface area contributed by atoms with Gasteiger partial charge in [0.25, 0.3) is 0 Å². The van der Waals surface area contributed by atoms with Gasteiger partial charge < -0.3 is 33.3 Å². The number of quaternary nitrogens is 1. The molecule has 0 radical (unpaired) electrons. The number of unbranched alkanes of at least 4 members (excludes halogenated alkanes) is 12. The summed E-state index contributed by atoms with van der Waals surface area (Å²) in [7, 11) is 5.89. The number of hydrogen-bond donors (Lipinski definition) is 0. The number of ether oxygens (including phenoxy) is 4. The average molecular weight is 960 g/mol. The first-order valence-corrected chi connectivity index (χ1v) is 26.7. The molecule has 390 valence electrons. The summed E-state index contributed by atoms with van der Waals surface area (Å²) in [6.07, 6.45) is 66.8. The number of aliphatic carboxylic acids is 1. The largest absolute Gasteiger partial charge is 0.545 e. The first-order valence-electron chi connectivity index (χ1n) is 26.7. The molecule has 2 atom stereocenters. The lowest BCUT2D eigenvalue weighted by Gasteiger charge is -2.26. The van der Waals surface area contributed by atoms with Gasteiger partial charge in [0.05, 0.1) is 40.3 Å². The quantitative estimate of drug-likeness (QED) is 0.0195. The van der Waals surface area contributed by atoms with E-state index in [1.807, 2.05) is 21.1 Å². The predicted octanol–water partition coefficient (Wildman–Crippen LogP) is 14.0. The normalized spacial score (nSPS) is 13.8. The van der Waals surface area contributed by atoms with Crippen molar-refractivity contribution in [2.24, 2.45) is 0 Å². The van der Waals surface area contributed by atoms with Crippen LogP contribution in [0.25, 0.3) is 0 Å². The van der Waals surface area contributed by atoms with Crippen LogP contribution in [0.5, 0.6) is 0 Å². The minimum atomic E-state index is -1.63. The fourth-order valence-electron chi connectivity index (χ4n) is 6.57. The van der Waals surface area contributed by atoms with E-state index in [0.29, 0.717) is 17.4 Å². The van der Waals surface area contributed by atoms with Crippen molar-refractivity contribution in [3.8, 4) is 0 Å². The van der Waals surface area contributed by atoms with Crippen molar-refractivity contribution in [1.29, 1.82) is 0 Å². The van der Waals surface area contributed by atoms with Gasteiger partial charge in [0, 0.05) is 12.8 Å². The lowest BCUT2D eigenvalue weighted by Crippen LogP contribution is -2.44. The average Bonchev–Trinajstić information content (AvgIpc) is 3.31. The van der Waals surface area contributed by atoms with Crippen LogP contribution in [-0.2, 0) is 33.3 Å². The highest BCUT2D eigenvalue weighted by molar-refractivity contribution is 5.70. The molecule has 0 spiro atoms. The molecule has 0 aliphatic heterocycles. The van der Waals surface area contributed by atoms with Crippen LogP contribution in [0.3, 0.4) is 0 Å².